The Morgan fingerprint density at radius 2 is 2.24 bits per heavy atom. The van der Waals surface area contributed by atoms with E-state index in [9.17, 15) is 9.90 Å². The maximum atomic E-state index is 12.2. The highest BCUT2D eigenvalue weighted by atomic mass is 16.4. The fourth-order valence-electron chi connectivity index (χ4n) is 2.19. The Bertz CT molecular complexity index is 427. The summed E-state index contributed by atoms with van der Waals surface area (Å²) in [6.07, 6.45) is 0.315. The van der Waals surface area contributed by atoms with Crippen LogP contribution in [0.25, 0.3) is 0 Å². The van der Waals surface area contributed by atoms with Crippen LogP contribution >= 0.6 is 0 Å². The standard InChI is InChI=1S/C12H18N2O3/c1-7-6-14(5-4-10(7)15)12(16)11-8(2)13-9(3)17-11/h7,10,15H,4-6H2,1-3H3. The zero-order valence-electron chi connectivity index (χ0n) is 10.4. The maximum Gasteiger partial charge on any atom is 0.291 e. The second-order valence-corrected chi connectivity index (χ2v) is 4.73. The van der Waals surface area contributed by atoms with Crippen LogP contribution in [0.15, 0.2) is 4.42 Å². The molecule has 0 aliphatic carbocycles. The summed E-state index contributed by atoms with van der Waals surface area (Å²) >= 11 is 0. The van der Waals surface area contributed by atoms with E-state index in [1.54, 1.807) is 18.7 Å². The first-order valence-electron chi connectivity index (χ1n) is 5.90. The summed E-state index contributed by atoms with van der Waals surface area (Å²) in [7, 11) is 0. The van der Waals surface area contributed by atoms with E-state index >= 15 is 0 Å². The normalized spacial score (nSPS) is 25.1. The van der Waals surface area contributed by atoms with Crippen LogP contribution in [0.3, 0.4) is 0 Å². The van der Waals surface area contributed by atoms with Crippen molar-refractivity contribution in [3.63, 3.8) is 0 Å². The topological polar surface area (TPSA) is 66.6 Å². The van der Waals surface area contributed by atoms with E-state index in [0.717, 1.165) is 0 Å². The molecule has 1 N–H and O–H groups in total. The zero-order chi connectivity index (χ0) is 12.6. The molecular formula is C12H18N2O3. The van der Waals surface area contributed by atoms with Gasteiger partial charge in [-0.2, -0.15) is 0 Å². The van der Waals surface area contributed by atoms with Crippen LogP contribution < -0.4 is 0 Å². The van der Waals surface area contributed by atoms with Gasteiger partial charge in [0, 0.05) is 20.0 Å². The molecule has 5 heteroatoms. The van der Waals surface area contributed by atoms with Gasteiger partial charge in [0.2, 0.25) is 5.76 Å². The number of aliphatic hydroxyl groups excluding tert-OH is 1. The highest BCUT2D eigenvalue weighted by Crippen LogP contribution is 2.20. The van der Waals surface area contributed by atoms with Crippen LogP contribution in [0, 0.1) is 19.8 Å². The van der Waals surface area contributed by atoms with Gasteiger partial charge in [0.05, 0.1) is 11.8 Å². The number of aromatic nitrogens is 1. The van der Waals surface area contributed by atoms with Gasteiger partial charge < -0.3 is 14.4 Å². The molecule has 1 fully saturated rings. The molecule has 2 rings (SSSR count). The molecule has 1 saturated heterocycles. The number of carbonyl (C=O) groups is 1. The number of carbonyl (C=O) groups excluding carboxylic acids is 1. The zero-order valence-corrected chi connectivity index (χ0v) is 10.4. The number of nitrogens with zero attached hydrogens (tertiary/aromatic N) is 2. The molecule has 1 aromatic heterocycles. The fourth-order valence-corrected chi connectivity index (χ4v) is 2.19. The van der Waals surface area contributed by atoms with E-state index in [1.807, 2.05) is 6.92 Å². The summed E-state index contributed by atoms with van der Waals surface area (Å²) in [5.41, 5.74) is 0.631. The number of aliphatic hydroxyl groups is 1. The third kappa shape index (κ3) is 2.34. The van der Waals surface area contributed by atoms with Gasteiger partial charge in [-0.15, -0.1) is 0 Å². The Morgan fingerprint density at radius 3 is 2.76 bits per heavy atom. The summed E-state index contributed by atoms with van der Waals surface area (Å²) in [5, 5.41) is 9.63. The predicted molar refractivity (Wildman–Crippen MR) is 61.7 cm³/mol. The molecule has 5 nitrogen and oxygen atoms in total. The average Bonchev–Trinajstić information content (AvgIpc) is 2.61. The summed E-state index contributed by atoms with van der Waals surface area (Å²) in [6.45, 7) is 6.59. The lowest BCUT2D eigenvalue weighted by molar-refractivity contribution is 0.0278. The minimum atomic E-state index is -0.309. The molecule has 0 spiro atoms. The highest BCUT2D eigenvalue weighted by Gasteiger charge is 2.30. The van der Waals surface area contributed by atoms with Crippen molar-refractivity contribution >= 4 is 5.91 Å². The molecular weight excluding hydrogens is 220 g/mol. The SMILES string of the molecule is Cc1nc(C)c(C(=O)N2CCC(O)C(C)C2)o1. The van der Waals surface area contributed by atoms with Gasteiger partial charge in [-0.25, -0.2) is 4.98 Å². The molecule has 0 aromatic carbocycles. The molecule has 17 heavy (non-hydrogen) atoms. The van der Waals surface area contributed by atoms with Crippen molar-refractivity contribution in [3.8, 4) is 0 Å². The minimum absolute atomic E-state index is 0.108. The van der Waals surface area contributed by atoms with Crippen LogP contribution in [0.1, 0.15) is 35.5 Å². The Hall–Kier alpha value is -1.36. The van der Waals surface area contributed by atoms with Crippen molar-refractivity contribution in [2.45, 2.75) is 33.3 Å². The van der Waals surface area contributed by atoms with Crippen LogP contribution in [0.5, 0.6) is 0 Å². The quantitative estimate of drug-likeness (QED) is 0.796. The van der Waals surface area contributed by atoms with E-state index in [-0.39, 0.29) is 17.9 Å². The number of amides is 1. The van der Waals surface area contributed by atoms with Crippen LogP contribution in [0.2, 0.25) is 0 Å². The Kier molecular flexibility index (Phi) is 3.19. The molecule has 1 amide bonds. The van der Waals surface area contributed by atoms with Crippen molar-refractivity contribution in [1.82, 2.24) is 9.88 Å². The maximum absolute atomic E-state index is 12.2. The van der Waals surface area contributed by atoms with E-state index < -0.39 is 0 Å². The number of likely N-dealkylation sites (tertiary alicyclic amines) is 1. The summed E-state index contributed by atoms with van der Waals surface area (Å²) < 4.78 is 5.33. The predicted octanol–water partition coefficient (Wildman–Crippen LogP) is 1.13. The van der Waals surface area contributed by atoms with Crippen LogP contribution in [-0.4, -0.2) is 40.1 Å². The lowest BCUT2D eigenvalue weighted by Gasteiger charge is -2.33. The molecule has 0 radical (unpaired) electrons. The molecule has 94 valence electrons. The first kappa shape index (κ1) is 12.1. The number of hydrogen-bond acceptors (Lipinski definition) is 4. The Labute approximate surface area is 100 Å². The summed E-state index contributed by atoms with van der Waals surface area (Å²) in [6, 6.07) is 0. The van der Waals surface area contributed by atoms with Gasteiger partial charge >= 0.3 is 0 Å². The molecule has 0 saturated carbocycles. The van der Waals surface area contributed by atoms with Crippen molar-refractivity contribution in [3.05, 3.63) is 17.3 Å². The van der Waals surface area contributed by atoms with Crippen molar-refractivity contribution in [2.24, 2.45) is 5.92 Å². The highest BCUT2D eigenvalue weighted by molar-refractivity contribution is 5.92. The Balaban J connectivity index is 2.13. The van der Waals surface area contributed by atoms with Crippen LogP contribution in [-0.2, 0) is 0 Å². The Morgan fingerprint density at radius 1 is 1.53 bits per heavy atom. The molecule has 2 unspecified atom stereocenters. The first-order chi connectivity index (χ1) is 7.99. The third-order valence-electron chi connectivity index (χ3n) is 3.24. The monoisotopic (exact) mass is 238 g/mol. The molecule has 2 atom stereocenters. The van der Waals surface area contributed by atoms with Gasteiger partial charge in [-0.05, 0) is 19.3 Å². The average molecular weight is 238 g/mol. The second-order valence-electron chi connectivity index (χ2n) is 4.73. The van der Waals surface area contributed by atoms with E-state index in [4.69, 9.17) is 4.42 Å². The minimum Gasteiger partial charge on any atom is -0.436 e. The summed E-state index contributed by atoms with van der Waals surface area (Å²) in [4.78, 5) is 18.0. The van der Waals surface area contributed by atoms with Crippen molar-refractivity contribution < 1.29 is 14.3 Å². The largest absolute Gasteiger partial charge is 0.436 e. The van der Waals surface area contributed by atoms with E-state index in [1.165, 1.54) is 0 Å². The summed E-state index contributed by atoms with van der Waals surface area (Å²) in [5.74, 6) is 0.820. The fraction of sp³-hybridized carbons (Fsp3) is 0.667. The molecule has 1 aliphatic rings. The van der Waals surface area contributed by atoms with Gasteiger partial charge in [0.15, 0.2) is 5.89 Å². The number of aryl methyl sites for hydroxylation is 2. The smallest absolute Gasteiger partial charge is 0.291 e. The molecule has 1 aromatic rings. The van der Waals surface area contributed by atoms with E-state index in [2.05, 4.69) is 4.98 Å². The lowest BCUT2D eigenvalue weighted by Crippen LogP contribution is -2.45. The second kappa shape index (κ2) is 4.49. The molecule has 1 aliphatic heterocycles. The van der Waals surface area contributed by atoms with E-state index in [0.29, 0.717) is 36.9 Å². The number of oxazole rings is 1. The van der Waals surface area contributed by atoms with Crippen LogP contribution in [0.4, 0.5) is 0 Å². The number of hydrogen-bond donors (Lipinski definition) is 1. The van der Waals surface area contributed by atoms with Gasteiger partial charge in [-0.3, -0.25) is 4.79 Å². The van der Waals surface area contributed by atoms with Crippen molar-refractivity contribution in [1.29, 1.82) is 0 Å². The third-order valence-corrected chi connectivity index (χ3v) is 3.24. The van der Waals surface area contributed by atoms with Crippen molar-refractivity contribution in [2.75, 3.05) is 13.1 Å². The number of piperidine rings is 1. The molecule has 0 bridgehead atoms. The molecule has 2 heterocycles. The lowest BCUT2D eigenvalue weighted by atomic mass is 9.96. The number of rotatable bonds is 1. The van der Waals surface area contributed by atoms with Gasteiger partial charge in [0.25, 0.3) is 5.91 Å². The first-order valence-corrected chi connectivity index (χ1v) is 5.90. The van der Waals surface area contributed by atoms with Gasteiger partial charge in [-0.1, -0.05) is 6.92 Å². The van der Waals surface area contributed by atoms with Gasteiger partial charge in [0.1, 0.15) is 0 Å².